The molecule has 4 nitrogen and oxygen atoms in total. The average molecular weight is 149 g/mol. The zero-order chi connectivity index (χ0) is 7.56. The summed E-state index contributed by atoms with van der Waals surface area (Å²) in [4.78, 5) is 13.9. The van der Waals surface area contributed by atoms with Crippen molar-refractivity contribution in [1.82, 2.24) is 4.98 Å². The molecule has 11 heavy (non-hydrogen) atoms. The van der Waals surface area contributed by atoms with Crippen LogP contribution in [0.25, 0.3) is 0 Å². The van der Waals surface area contributed by atoms with Gasteiger partial charge in [-0.2, -0.15) is 4.98 Å². The number of nitrogens with zero attached hydrogens (tertiary/aromatic N) is 1. The number of esters is 1. The van der Waals surface area contributed by atoms with Gasteiger partial charge in [0.15, 0.2) is 0 Å². The monoisotopic (exact) mass is 149 g/mol. The van der Waals surface area contributed by atoms with Crippen LogP contribution in [-0.4, -0.2) is 29.8 Å². The van der Waals surface area contributed by atoms with Gasteiger partial charge in [-0.3, -0.25) is 4.79 Å². The minimum atomic E-state index is -0.429. The van der Waals surface area contributed by atoms with E-state index >= 15 is 0 Å². The number of aromatic nitrogens is 1. The fourth-order valence-corrected chi connectivity index (χ4v) is 0.504. The first-order valence-corrected chi connectivity index (χ1v) is 2.79. The van der Waals surface area contributed by atoms with Crippen LogP contribution in [0.15, 0.2) is 10.6 Å². The van der Waals surface area contributed by atoms with E-state index in [0.717, 1.165) is 0 Å². The molecule has 1 aromatic rings. The molecule has 1 aromatic heterocycles. The van der Waals surface area contributed by atoms with Crippen molar-refractivity contribution in [3.63, 3.8) is 0 Å². The second kappa shape index (κ2) is 4.22. The molecule has 0 bridgehead atoms. The van der Waals surface area contributed by atoms with Gasteiger partial charge in [-0.25, -0.2) is 0 Å². The number of carbonyl (C=O) groups excluding carboxylic acids is 1. The van der Waals surface area contributed by atoms with Crippen molar-refractivity contribution in [1.29, 1.82) is 0 Å². The molecule has 0 radical (unpaired) electrons. The first-order chi connectivity index (χ1) is 4.68. The quantitative estimate of drug-likeness (QED) is 0.424. The molecule has 0 unspecified atom stereocenters. The Morgan fingerprint density at radius 1 is 1.73 bits per heavy atom. The van der Waals surface area contributed by atoms with E-state index in [2.05, 4.69) is 9.72 Å². The second-order valence-corrected chi connectivity index (χ2v) is 1.83. The van der Waals surface area contributed by atoms with Gasteiger partial charge in [-0.1, -0.05) is 0 Å². The number of hydrogen-bond acceptors (Lipinski definition) is 4. The van der Waals surface area contributed by atoms with Crippen molar-refractivity contribution < 1.29 is 13.9 Å². The first kappa shape index (κ1) is 10.3. The van der Waals surface area contributed by atoms with Gasteiger partial charge in [0.1, 0.15) is 5.76 Å². The van der Waals surface area contributed by atoms with E-state index in [4.69, 9.17) is 4.42 Å². The number of ether oxygens (including phenoxy) is 1. The fourth-order valence-electron chi connectivity index (χ4n) is 0.504. The van der Waals surface area contributed by atoms with Gasteiger partial charge in [0.2, 0.25) is 0 Å². The maximum absolute atomic E-state index is 10.3. The Morgan fingerprint density at radius 2 is 2.36 bits per heavy atom. The molecule has 0 aliphatic heterocycles. The molecule has 0 aromatic carbocycles. The predicted molar refractivity (Wildman–Crippen MR) is 39.7 cm³/mol. The summed E-state index contributed by atoms with van der Waals surface area (Å²) in [5.74, 6) is 0.193. The molecule has 0 fully saturated rings. The van der Waals surface area contributed by atoms with Crippen LogP contribution >= 0.6 is 0 Å². The third kappa shape index (κ3) is 3.26. The van der Waals surface area contributed by atoms with E-state index in [1.165, 1.54) is 13.1 Å². The zero-order valence-electron chi connectivity index (χ0n) is 5.75. The van der Waals surface area contributed by atoms with E-state index in [0.29, 0.717) is 5.76 Å². The molecular formula is C6H8LiNO3. The molecule has 1 rings (SSSR count). The Kier molecular flexibility index (Phi) is 3.94. The summed E-state index contributed by atoms with van der Waals surface area (Å²) in [7, 11) is 0. The first-order valence-electron chi connectivity index (χ1n) is 2.79. The third-order valence-corrected chi connectivity index (χ3v) is 0.831. The van der Waals surface area contributed by atoms with E-state index in [-0.39, 0.29) is 24.9 Å². The van der Waals surface area contributed by atoms with Crippen molar-refractivity contribution >= 4 is 24.8 Å². The summed E-state index contributed by atoms with van der Waals surface area (Å²) in [6.45, 7) is 3.01. The van der Waals surface area contributed by atoms with Crippen molar-refractivity contribution in [3.8, 4) is 6.08 Å². The van der Waals surface area contributed by atoms with Crippen molar-refractivity contribution in [2.24, 2.45) is 0 Å². The summed E-state index contributed by atoms with van der Waals surface area (Å²) in [5, 5.41) is 0. The van der Waals surface area contributed by atoms with E-state index in [9.17, 15) is 4.79 Å². The van der Waals surface area contributed by atoms with Gasteiger partial charge in [-0.15, -0.1) is 0 Å². The standard InChI is InChI=1S/C6H7NO3.Li.H/c1-4-3-7-6(9-4)10-5(2)8;;/h3H,1-2H3;;. The molecule has 0 amide bonds. The van der Waals surface area contributed by atoms with Gasteiger partial charge in [0.05, 0.1) is 6.20 Å². The Hall–Kier alpha value is -0.723. The molecular weight excluding hydrogens is 141 g/mol. The van der Waals surface area contributed by atoms with Crippen LogP contribution in [0.4, 0.5) is 0 Å². The van der Waals surface area contributed by atoms with Crippen LogP contribution in [0.1, 0.15) is 12.7 Å². The van der Waals surface area contributed by atoms with Crippen LogP contribution in [0.2, 0.25) is 0 Å². The van der Waals surface area contributed by atoms with Gasteiger partial charge >= 0.3 is 30.9 Å². The van der Waals surface area contributed by atoms with Crippen LogP contribution < -0.4 is 4.74 Å². The molecule has 0 saturated heterocycles. The van der Waals surface area contributed by atoms with Gasteiger partial charge < -0.3 is 9.15 Å². The fraction of sp³-hybridized carbons (Fsp3) is 0.333. The Bertz CT molecular complexity index is 246. The Labute approximate surface area is 76.1 Å². The molecule has 1 heterocycles. The topological polar surface area (TPSA) is 52.3 Å². The van der Waals surface area contributed by atoms with Gasteiger partial charge in [-0.05, 0) is 6.92 Å². The Morgan fingerprint density at radius 3 is 2.73 bits per heavy atom. The molecule has 0 atom stereocenters. The maximum atomic E-state index is 10.3. The van der Waals surface area contributed by atoms with E-state index in [1.807, 2.05) is 0 Å². The van der Waals surface area contributed by atoms with Crippen LogP contribution in [0, 0.1) is 6.92 Å². The molecule has 5 heteroatoms. The SMILES string of the molecule is CC(=O)Oc1ncc(C)o1.[LiH]. The summed E-state index contributed by atoms with van der Waals surface area (Å²) in [6, 6.07) is 0. The molecule has 0 saturated carbocycles. The second-order valence-electron chi connectivity index (χ2n) is 1.83. The minimum absolute atomic E-state index is 0. The van der Waals surface area contributed by atoms with Crippen LogP contribution in [-0.2, 0) is 4.79 Å². The van der Waals surface area contributed by atoms with Crippen LogP contribution in [0.5, 0.6) is 6.08 Å². The molecule has 0 spiro atoms. The summed E-state index contributed by atoms with van der Waals surface area (Å²) < 4.78 is 9.36. The Balaban J connectivity index is 0.000001000. The molecule has 0 N–H and O–H groups in total. The predicted octanol–water partition coefficient (Wildman–Crippen LogP) is 0.260. The molecule has 0 aliphatic rings. The summed E-state index contributed by atoms with van der Waals surface area (Å²) >= 11 is 0. The number of aryl methyl sites for hydroxylation is 1. The van der Waals surface area contributed by atoms with Crippen molar-refractivity contribution in [2.75, 3.05) is 0 Å². The van der Waals surface area contributed by atoms with E-state index < -0.39 is 5.97 Å². The number of hydrogen-bond donors (Lipinski definition) is 0. The van der Waals surface area contributed by atoms with Gasteiger partial charge in [0, 0.05) is 6.92 Å². The summed E-state index contributed by atoms with van der Waals surface area (Å²) in [5.41, 5.74) is 0. The average Bonchev–Trinajstić information content (AvgIpc) is 2.13. The van der Waals surface area contributed by atoms with Gasteiger partial charge in [0.25, 0.3) is 0 Å². The third-order valence-electron chi connectivity index (χ3n) is 0.831. The van der Waals surface area contributed by atoms with E-state index in [1.54, 1.807) is 6.92 Å². The summed E-state index contributed by atoms with van der Waals surface area (Å²) in [6.07, 6.45) is 1.49. The van der Waals surface area contributed by atoms with Crippen molar-refractivity contribution in [2.45, 2.75) is 13.8 Å². The van der Waals surface area contributed by atoms with Crippen molar-refractivity contribution in [3.05, 3.63) is 12.0 Å². The molecule has 56 valence electrons. The van der Waals surface area contributed by atoms with Crippen LogP contribution in [0.3, 0.4) is 0 Å². The molecule has 0 aliphatic carbocycles. The number of oxazole rings is 1. The zero-order valence-corrected chi connectivity index (χ0v) is 5.75. The number of carbonyl (C=O) groups is 1. The number of rotatable bonds is 1. The normalized spacial score (nSPS) is 8.55.